The highest BCUT2D eigenvalue weighted by atomic mass is 14.5. The van der Waals surface area contributed by atoms with Crippen LogP contribution in [0.3, 0.4) is 0 Å². The number of rotatable bonds is 33. The van der Waals surface area contributed by atoms with Gasteiger partial charge in [0.1, 0.15) is 0 Å². The van der Waals surface area contributed by atoms with E-state index >= 15 is 0 Å². The second-order valence-corrected chi connectivity index (χ2v) is 16.7. The molecule has 0 saturated heterocycles. The molecule has 0 heterocycles. The van der Waals surface area contributed by atoms with Crippen LogP contribution in [0.25, 0.3) is 11.1 Å². The molecule has 1 aliphatic carbocycles. The van der Waals surface area contributed by atoms with Crippen molar-refractivity contribution >= 4 is 0 Å². The summed E-state index contributed by atoms with van der Waals surface area (Å²) >= 11 is 0. The van der Waals surface area contributed by atoms with Crippen molar-refractivity contribution < 1.29 is 0 Å². The molecule has 0 nitrogen and oxygen atoms in total. The molecular formula is C50H84. The Balaban J connectivity index is 1.67. The minimum Gasteiger partial charge on any atom is -0.0654 e. The lowest BCUT2D eigenvalue weighted by molar-refractivity contribution is 0.394. The molecule has 0 fully saturated rings. The molecule has 0 heteroatoms. The van der Waals surface area contributed by atoms with Gasteiger partial charge in [-0.3, -0.25) is 0 Å². The Kier molecular flexibility index (Phi) is 23.2. The van der Waals surface area contributed by atoms with Crippen LogP contribution in [-0.4, -0.2) is 0 Å². The smallest absolute Gasteiger partial charge is 0.0218 e. The van der Waals surface area contributed by atoms with E-state index in [2.05, 4.69) is 64.1 Å². The van der Waals surface area contributed by atoms with Crippen LogP contribution in [0.15, 0.2) is 36.4 Å². The Morgan fingerprint density at radius 2 is 0.760 bits per heavy atom. The minimum absolute atomic E-state index is 0.214. The van der Waals surface area contributed by atoms with Crippen LogP contribution >= 0.6 is 0 Å². The number of aryl methyl sites for hydroxylation is 1. The highest BCUT2D eigenvalue weighted by Gasteiger charge is 2.43. The summed E-state index contributed by atoms with van der Waals surface area (Å²) in [6, 6.07) is 14.7. The summed E-state index contributed by atoms with van der Waals surface area (Å²) in [5.74, 6) is 0. The molecular weight excluding hydrogens is 601 g/mol. The van der Waals surface area contributed by atoms with E-state index in [4.69, 9.17) is 0 Å². The van der Waals surface area contributed by atoms with Crippen molar-refractivity contribution in [1.29, 1.82) is 0 Å². The van der Waals surface area contributed by atoms with Crippen molar-refractivity contribution in [3.63, 3.8) is 0 Å². The predicted octanol–water partition coefficient (Wildman–Crippen LogP) is 17.3. The zero-order valence-electron chi connectivity index (χ0n) is 34.3. The number of hydrogen-bond donors (Lipinski definition) is 0. The Bertz CT molecular complexity index is 1080. The first-order chi connectivity index (χ1) is 24.7. The van der Waals surface area contributed by atoms with Gasteiger partial charge in [-0.05, 0) is 66.0 Å². The van der Waals surface area contributed by atoms with Gasteiger partial charge >= 0.3 is 0 Å². The normalized spacial score (nSPS) is 13.2. The van der Waals surface area contributed by atoms with Crippen molar-refractivity contribution in [2.75, 3.05) is 0 Å². The largest absolute Gasteiger partial charge is 0.0654 e. The van der Waals surface area contributed by atoms with E-state index in [-0.39, 0.29) is 5.41 Å². The van der Waals surface area contributed by atoms with E-state index in [9.17, 15) is 0 Å². The van der Waals surface area contributed by atoms with Gasteiger partial charge in [-0.15, -0.1) is 0 Å². The summed E-state index contributed by atoms with van der Waals surface area (Å²) in [7, 11) is 0. The zero-order valence-corrected chi connectivity index (χ0v) is 34.3. The van der Waals surface area contributed by atoms with Gasteiger partial charge in [-0.1, -0.05) is 243 Å². The topological polar surface area (TPSA) is 0 Å². The fraction of sp³-hybridized carbons (Fsp3) is 0.760. The maximum absolute atomic E-state index is 2.54. The monoisotopic (exact) mass is 685 g/mol. The molecule has 0 spiro atoms. The zero-order chi connectivity index (χ0) is 35.5. The number of hydrogen-bond acceptors (Lipinski definition) is 0. The van der Waals surface area contributed by atoms with Gasteiger partial charge < -0.3 is 0 Å². The summed E-state index contributed by atoms with van der Waals surface area (Å²) in [5, 5.41) is 0. The Morgan fingerprint density at radius 1 is 0.380 bits per heavy atom. The van der Waals surface area contributed by atoms with Gasteiger partial charge in [0.15, 0.2) is 0 Å². The van der Waals surface area contributed by atoms with E-state index in [1.54, 1.807) is 33.4 Å². The van der Waals surface area contributed by atoms with Crippen molar-refractivity contribution in [2.45, 2.75) is 245 Å². The van der Waals surface area contributed by atoms with Crippen LogP contribution in [0.5, 0.6) is 0 Å². The molecule has 0 aliphatic heterocycles. The van der Waals surface area contributed by atoms with E-state index in [0.29, 0.717) is 0 Å². The maximum Gasteiger partial charge on any atom is 0.0218 e. The first-order valence-electron chi connectivity index (χ1n) is 22.9. The van der Waals surface area contributed by atoms with E-state index in [1.165, 1.54) is 212 Å². The summed E-state index contributed by atoms with van der Waals surface area (Å²) in [6.45, 7) is 9.41. The fourth-order valence-corrected chi connectivity index (χ4v) is 9.38. The summed E-state index contributed by atoms with van der Waals surface area (Å²) in [6.07, 6.45) is 46.6. The van der Waals surface area contributed by atoms with Crippen LogP contribution < -0.4 is 0 Å². The Labute approximate surface area is 313 Å². The first-order valence-corrected chi connectivity index (χ1v) is 22.9. The Morgan fingerprint density at radius 3 is 1.20 bits per heavy atom. The van der Waals surface area contributed by atoms with Gasteiger partial charge in [-0.2, -0.15) is 0 Å². The lowest BCUT2D eigenvalue weighted by Gasteiger charge is -2.35. The predicted molar refractivity (Wildman–Crippen MR) is 226 cm³/mol. The van der Waals surface area contributed by atoms with Gasteiger partial charge in [-0.25, -0.2) is 0 Å². The molecule has 284 valence electrons. The molecule has 3 rings (SSSR count). The SMILES string of the molecule is CCCCCCCCCCCCc1c(C)ccc2c1C(CCCCCCCCCCCC)(CCCCCCCCCCCC)c1ccccc1-2. The third-order valence-corrected chi connectivity index (χ3v) is 12.5. The molecule has 0 saturated carbocycles. The highest BCUT2D eigenvalue weighted by molar-refractivity contribution is 5.83. The number of benzene rings is 2. The van der Waals surface area contributed by atoms with Crippen molar-refractivity contribution in [3.05, 3.63) is 58.7 Å². The number of unbranched alkanes of at least 4 members (excludes halogenated alkanes) is 27. The molecule has 2 aromatic carbocycles. The van der Waals surface area contributed by atoms with Gasteiger partial charge in [0.05, 0.1) is 0 Å². The van der Waals surface area contributed by atoms with Crippen molar-refractivity contribution in [3.8, 4) is 11.1 Å². The van der Waals surface area contributed by atoms with Crippen molar-refractivity contribution in [1.82, 2.24) is 0 Å². The quantitative estimate of drug-likeness (QED) is 0.0657. The highest BCUT2D eigenvalue weighted by Crippen LogP contribution is 2.56. The number of fused-ring (bicyclic) bond motifs is 3. The van der Waals surface area contributed by atoms with Crippen LogP contribution in [0, 0.1) is 6.92 Å². The van der Waals surface area contributed by atoms with Crippen LogP contribution in [0.2, 0.25) is 0 Å². The van der Waals surface area contributed by atoms with Crippen LogP contribution in [0.4, 0.5) is 0 Å². The molecule has 0 radical (unpaired) electrons. The molecule has 0 aromatic heterocycles. The van der Waals surface area contributed by atoms with Gasteiger partial charge in [0.2, 0.25) is 0 Å². The molecule has 0 N–H and O–H groups in total. The standard InChI is InChI=1S/C50H84/c1-5-8-11-14-17-20-23-26-29-32-37-45-44(4)40-41-47-46-38-33-34-39-48(46)50(49(45)47,42-35-30-27-24-21-18-15-12-9-6-2)43-36-31-28-25-22-19-16-13-10-7-3/h33-34,38-41H,5-32,35-37,42-43H2,1-4H3. The molecule has 50 heavy (non-hydrogen) atoms. The molecule has 1 aliphatic rings. The second kappa shape index (κ2) is 27.1. The average Bonchev–Trinajstić information content (AvgIpc) is 3.41. The Hall–Kier alpha value is -1.56. The fourth-order valence-electron chi connectivity index (χ4n) is 9.38. The minimum atomic E-state index is 0.214. The third kappa shape index (κ3) is 14.8. The molecule has 2 aromatic rings. The summed E-state index contributed by atoms with van der Waals surface area (Å²) in [4.78, 5) is 0. The lowest BCUT2D eigenvalue weighted by atomic mass is 9.68. The summed E-state index contributed by atoms with van der Waals surface area (Å²) in [5.41, 5.74) is 10.1. The molecule has 0 bridgehead atoms. The maximum atomic E-state index is 2.54. The molecule has 0 unspecified atom stereocenters. The van der Waals surface area contributed by atoms with Crippen LogP contribution in [-0.2, 0) is 11.8 Å². The summed E-state index contributed by atoms with van der Waals surface area (Å²) < 4.78 is 0. The van der Waals surface area contributed by atoms with Crippen LogP contribution in [0.1, 0.15) is 248 Å². The third-order valence-electron chi connectivity index (χ3n) is 12.5. The lowest BCUT2D eigenvalue weighted by Crippen LogP contribution is -2.27. The van der Waals surface area contributed by atoms with Gasteiger partial charge in [0.25, 0.3) is 0 Å². The van der Waals surface area contributed by atoms with E-state index in [1.807, 2.05) is 0 Å². The van der Waals surface area contributed by atoms with E-state index < -0.39 is 0 Å². The molecule has 0 atom stereocenters. The van der Waals surface area contributed by atoms with Crippen molar-refractivity contribution in [2.24, 2.45) is 0 Å². The van der Waals surface area contributed by atoms with Gasteiger partial charge in [0, 0.05) is 5.41 Å². The molecule has 0 amide bonds. The second-order valence-electron chi connectivity index (χ2n) is 16.7. The first kappa shape index (κ1) is 42.8. The average molecular weight is 685 g/mol. The van der Waals surface area contributed by atoms with E-state index in [0.717, 1.165) is 0 Å².